The van der Waals surface area contributed by atoms with Gasteiger partial charge in [-0.1, -0.05) is 26.0 Å². The van der Waals surface area contributed by atoms with Crippen LogP contribution in [-0.4, -0.2) is 32.3 Å². The average molecular weight is 432 g/mol. The minimum atomic E-state index is -3.85. The number of carbonyl (C=O) groups is 1. The van der Waals surface area contributed by atoms with E-state index in [2.05, 4.69) is 24.6 Å². The zero-order valence-corrected chi connectivity index (χ0v) is 17.8. The maximum absolute atomic E-state index is 12.7. The van der Waals surface area contributed by atoms with Crippen LogP contribution < -0.4 is 9.62 Å². The van der Waals surface area contributed by atoms with E-state index in [1.165, 1.54) is 17.7 Å². The van der Waals surface area contributed by atoms with Gasteiger partial charge in [-0.3, -0.25) is 14.9 Å². The number of hydrogen-bond donors (Lipinski definition) is 1. The van der Waals surface area contributed by atoms with Gasteiger partial charge in [0.25, 0.3) is 5.69 Å². The van der Waals surface area contributed by atoms with Crippen molar-refractivity contribution in [2.45, 2.75) is 43.9 Å². The zero-order chi connectivity index (χ0) is 21.9. The Morgan fingerprint density at radius 3 is 2.53 bits per heavy atom. The van der Waals surface area contributed by atoms with Gasteiger partial charge in [-0.15, -0.1) is 0 Å². The molecule has 30 heavy (non-hydrogen) atoms. The first-order chi connectivity index (χ1) is 14.2. The highest BCUT2D eigenvalue weighted by Crippen LogP contribution is 2.30. The highest BCUT2D eigenvalue weighted by molar-refractivity contribution is 7.89. The Bertz CT molecular complexity index is 1050. The first-order valence-corrected chi connectivity index (χ1v) is 11.3. The summed E-state index contributed by atoms with van der Waals surface area (Å²) in [5, 5.41) is 10.7. The third-order valence-electron chi connectivity index (χ3n) is 5.18. The van der Waals surface area contributed by atoms with Crippen molar-refractivity contribution in [2.24, 2.45) is 0 Å². The molecular weight excluding hydrogens is 406 g/mol. The van der Waals surface area contributed by atoms with E-state index < -0.39 is 14.9 Å². The highest BCUT2D eigenvalue weighted by Gasteiger charge is 2.23. The van der Waals surface area contributed by atoms with Gasteiger partial charge in [-0.25, -0.2) is 13.1 Å². The third-order valence-corrected chi connectivity index (χ3v) is 6.66. The minimum absolute atomic E-state index is 0.0254. The summed E-state index contributed by atoms with van der Waals surface area (Å²) >= 11 is 0. The number of non-ortho nitro benzene ring substituents is 1. The van der Waals surface area contributed by atoms with E-state index in [1.54, 1.807) is 4.90 Å². The van der Waals surface area contributed by atoms with Gasteiger partial charge in [-0.05, 0) is 48.1 Å². The molecule has 1 heterocycles. The number of hydrogen-bond acceptors (Lipinski definition) is 5. The fourth-order valence-corrected chi connectivity index (χ4v) is 4.52. The van der Waals surface area contributed by atoms with Gasteiger partial charge in [0, 0.05) is 37.3 Å². The molecule has 3 rings (SSSR count). The number of benzene rings is 2. The molecule has 160 valence electrons. The van der Waals surface area contributed by atoms with Crippen LogP contribution in [-0.2, 0) is 21.2 Å². The normalized spacial score (nSPS) is 13.9. The van der Waals surface area contributed by atoms with Crippen LogP contribution in [0.3, 0.4) is 0 Å². The Labute approximate surface area is 176 Å². The molecular formula is C21H25N3O5S. The smallest absolute Gasteiger partial charge is 0.269 e. The summed E-state index contributed by atoms with van der Waals surface area (Å²) in [6, 6.07) is 10.8. The number of amides is 1. The molecule has 0 unspecified atom stereocenters. The van der Waals surface area contributed by atoms with Crippen molar-refractivity contribution in [1.29, 1.82) is 0 Å². The van der Waals surface area contributed by atoms with Crippen molar-refractivity contribution < 1.29 is 18.1 Å². The average Bonchev–Trinajstić information content (AvgIpc) is 2.72. The first-order valence-electron chi connectivity index (χ1n) is 9.86. The van der Waals surface area contributed by atoms with E-state index >= 15 is 0 Å². The molecule has 0 radical (unpaired) electrons. The molecule has 0 fully saturated rings. The largest absolute Gasteiger partial charge is 0.312 e. The number of nitrogens with zero attached hydrogens (tertiary/aromatic N) is 2. The topological polar surface area (TPSA) is 110 Å². The van der Waals surface area contributed by atoms with Crippen molar-refractivity contribution in [3.05, 3.63) is 63.7 Å². The number of fused-ring (bicyclic) bond motifs is 1. The molecule has 8 nitrogen and oxygen atoms in total. The lowest BCUT2D eigenvalue weighted by molar-refractivity contribution is -0.384. The summed E-state index contributed by atoms with van der Waals surface area (Å²) in [5.41, 5.74) is 3.09. The molecule has 0 atom stereocenters. The van der Waals surface area contributed by atoms with E-state index in [4.69, 9.17) is 0 Å². The predicted octanol–water partition coefficient (Wildman–Crippen LogP) is 3.37. The number of aryl methyl sites for hydroxylation is 1. The molecule has 9 heteroatoms. The van der Waals surface area contributed by atoms with Crippen LogP contribution in [0.2, 0.25) is 0 Å². The summed E-state index contributed by atoms with van der Waals surface area (Å²) < 4.78 is 27.1. The van der Waals surface area contributed by atoms with E-state index in [0.717, 1.165) is 36.2 Å². The lowest BCUT2D eigenvalue weighted by Gasteiger charge is -2.30. The van der Waals surface area contributed by atoms with Crippen molar-refractivity contribution in [2.75, 3.05) is 18.0 Å². The molecule has 0 saturated heterocycles. The van der Waals surface area contributed by atoms with Crippen LogP contribution in [0.15, 0.2) is 47.4 Å². The Morgan fingerprint density at radius 1 is 1.20 bits per heavy atom. The molecule has 0 aromatic heterocycles. The summed E-state index contributed by atoms with van der Waals surface area (Å²) in [7, 11) is -3.85. The van der Waals surface area contributed by atoms with Gasteiger partial charge in [-0.2, -0.15) is 0 Å². The van der Waals surface area contributed by atoms with Gasteiger partial charge in [0.15, 0.2) is 0 Å². The van der Waals surface area contributed by atoms with E-state index in [1.807, 2.05) is 12.1 Å². The van der Waals surface area contributed by atoms with E-state index in [9.17, 15) is 23.3 Å². The number of nitrogens with one attached hydrogen (secondary N) is 1. The second kappa shape index (κ2) is 8.93. The fraction of sp³-hybridized carbons (Fsp3) is 0.381. The second-order valence-corrected chi connectivity index (χ2v) is 9.36. The number of nitro benzene ring substituents is 1. The van der Waals surface area contributed by atoms with Crippen LogP contribution >= 0.6 is 0 Å². The van der Waals surface area contributed by atoms with Gasteiger partial charge in [0.1, 0.15) is 0 Å². The van der Waals surface area contributed by atoms with Gasteiger partial charge in [0.05, 0.1) is 9.82 Å². The zero-order valence-electron chi connectivity index (χ0n) is 17.0. The molecule has 1 N–H and O–H groups in total. The Balaban J connectivity index is 1.63. The fourth-order valence-electron chi connectivity index (χ4n) is 3.49. The summed E-state index contributed by atoms with van der Waals surface area (Å²) in [6.45, 7) is 4.82. The van der Waals surface area contributed by atoms with Crippen LogP contribution in [0.5, 0.6) is 0 Å². The summed E-state index contributed by atoms with van der Waals surface area (Å²) in [5.74, 6) is 0.273. The van der Waals surface area contributed by atoms with Gasteiger partial charge in [0.2, 0.25) is 15.9 Å². The molecule has 1 amide bonds. The Hall–Kier alpha value is -2.78. The SMILES string of the molecule is CC(C)c1ccc2c(c1)CCCN2C(=O)CCNS(=O)(=O)c1ccc([N+](=O)[O-])cc1. The molecule has 2 aromatic carbocycles. The number of rotatable bonds is 7. The number of nitro groups is 1. The second-order valence-electron chi connectivity index (χ2n) is 7.59. The monoisotopic (exact) mass is 431 g/mol. The minimum Gasteiger partial charge on any atom is -0.312 e. The Kier molecular flexibility index (Phi) is 6.52. The number of carbonyl (C=O) groups excluding carboxylic acids is 1. The molecule has 0 bridgehead atoms. The first kappa shape index (κ1) is 21.9. The molecule has 1 aliphatic heterocycles. The quantitative estimate of drug-likeness (QED) is 0.534. The lowest BCUT2D eigenvalue weighted by atomic mass is 9.94. The molecule has 0 saturated carbocycles. The van der Waals surface area contributed by atoms with Crippen molar-refractivity contribution in [1.82, 2.24) is 4.72 Å². The van der Waals surface area contributed by atoms with Crippen molar-refractivity contribution in [3.8, 4) is 0 Å². The van der Waals surface area contributed by atoms with Crippen LogP contribution in [0.1, 0.15) is 43.7 Å². The van der Waals surface area contributed by atoms with Gasteiger partial charge < -0.3 is 4.90 Å². The standard InChI is InChI=1S/C21H25N3O5S/c1-15(2)16-5-10-20-17(14-16)4-3-13-23(20)21(25)11-12-22-30(28,29)19-8-6-18(7-9-19)24(26)27/h5-10,14-15,22H,3-4,11-13H2,1-2H3. The maximum atomic E-state index is 12.7. The molecule has 0 aliphatic carbocycles. The predicted molar refractivity (Wildman–Crippen MR) is 114 cm³/mol. The van der Waals surface area contributed by atoms with Crippen molar-refractivity contribution >= 4 is 27.3 Å². The Morgan fingerprint density at radius 2 is 1.90 bits per heavy atom. The summed E-state index contributed by atoms with van der Waals surface area (Å²) in [6.07, 6.45) is 1.82. The summed E-state index contributed by atoms with van der Waals surface area (Å²) in [4.78, 5) is 24.5. The highest BCUT2D eigenvalue weighted by atomic mass is 32.2. The maximum Gasteiger partial charge on any atom is 0.269 e. The van der Waals surface area contributed by atoms with Crippen molar-refractivity contribution in [3.63, 3.8) is 0 Å². The molecule has 2 aromatic rings. The van der Waals surface area contributed by atoms with E-state index in [-0.39, 0.29) is 29.5 Å². The number of sulfonamides is 1. The lowest BCUT2D eigenvalue weighted by Crippen LogP contribution is -2.37. The van der Waals surface area contributed by atoms with Crippen LogP contribution in [0.25, 0.3) is 0 Å². The molecule has 1 aliphatic rings. The number of anilines is 1. The van der Waals surface area contributed by atoms with E-state index in [0.29, 0.717) is 12.5 Å². The molecule has 0 spiro atoms. The third kappa shape index (κ3) is 4.85. The van der Waals surface area contributed by atoms with Crippen LogP contribution in [0.4, 0.5) is 11.4 Å². The van der Waals surface area contributed by atoms with Gasteiger partial charge >= 0.3 is 0 Å². The van der Waals surface area contributed by atoms with Crippen LogP contribution in [0, 0.1) is 10.1 Å².